The zero-order valence-electron chi connectivity index (χ0n) is 12.1. The third-order valence-corrected chi connectivity index (χ3v) is 5.08. The predicted molar refractivity (Wildman–Crippen MR) is 85.3 cm³/mol. The Morgan fingerprint density at radius 2 is 2.10 bits per heavy atom. The molecule has 0 amide bonds. The van der Waals surface area contributed by atoms with Crippen molar-refractivity contribution in [3.63, 3.8) is 0 Å². The first kappa shape index (κ1) is 14.3. The van der Waals surface area contributed by atoms with Crippen molar-refractivity contribution < 1.29 is 9.90 Å². The van der Waals surface area contributed by atoms with Gasteiger partial charge in [0, 0.05) is 26.2 Å². The Bertz CT molecular complexity index is 647. The first-order chi connectivity index (χ1) is 10.2. The Hall–Kier alpha value is -1.66. The molecular formula is C15H19N3O2S. The van der Waals surface area contributed by atoms with Gasteiger partial charge in [-0.25, -0.2) is 4.98 Å². The predicted octanol–water partition coefficient (Wildman–Crippen LogP) is 2.07. The highest BCUT2D eigenvalue weighted by molar-refractivity contribution is 7.22. The van der Waals surface area contributed by atoms with Crippen LogP contribution in [0.2, 0.25) is 0 Å². The monoisotopic (exact) mass is 305 g/mol. The lowest BCUT2D eigenvalue weighted by atomic mass is 10.2. The maximum atomic E-state index is 10.7. The Morgan fingerprint density at radius 1 is 1.33 bits per heavy atom. The smallest absolute Gasteiger partial charge is 0.317 e. The quantitative estimate of drug-likeness (QED) is 0.937. The van der Waals surface area contributed by atoms with Gasteiger partial charge >= 0.3 is 5.97 Å². The number of thiazole rings is 1. The Balaban J connectivity index is 1.75. The molecule has 0 aliphatic carbocycles. The molecule has 21 heavy (non-hydrogen) atoms. The molecule has 1 saturated heterocycles. The number of piperazine rings is 1. The number of aromatic nitrogens is 1. The van der Waals surface area contributed by atoms with Gasteiger partial charge in [0.05, 0.1) is 16.8 Å². The summed E-state index contributed by atoms with van der Waals surface area (Å²) >= 11 is 1.75. The minimum Gasteiger partial charge on any atom is -0.480 e. The van der Waals surface area contributed by atoms with Crippen molar-refractivity contribution >= 4 is 32.7 Å². The highest BCUT2D eigenvalue weighted by Crippen LogP contribution is 2.32. The van der Waals surface area contributed by atoms with Gasteiger partial charge < -0.3 is 10.0 Å². The number of hydrogen-bond acceptors (Lipinski definition) is 5. The molecule has 1 N–H and O–H groups in total. The molecule has 0 atom stereocenters. The molecule has 2 aromatic rings. The van der Waals surface area contributed by atoms with Crippen LogP contribution in [0, 0.1) is 0 Å². The number of anilines is 1. The lowest BCUT2D eigenvalue weighted by molar-refractivity contribution is -0.138. The first-order valence-electron chi connectivity index (χ1n) is 7.25. The van der Waals surface area contributed by atoms with Crippen LogP contribution in [0.3, 0.4) is 0 Å². The summed E-state index contributed by atoms with van der Waals surface area (Å²) in [5, 5.41) is 9.89. The molecule has 2 heterocycles. The molecule has 1 aromatic carbocycles. The van der Waals surface area contributed by atoms with Gasteiger partial charge in [0.25, 0.3) is 0 Å². The summed E-state index contributed by atoms with van der Waals surface area (Å²) < 4.78 is 1.28. The molecule has 1 aliphatic rings. The van der Waals surface area contributed by atoms with Crippen LogP contribution < -0.4 is 4.90 Å². The zero-order chi connectivity index (χ0) is 14.8. The number of aryl methyl sites for hydroxylation is 1. The number of fused-ring (bicyclic) bond motifs is 1. The van der Waals surface area contributed by atoms with E-state index in [9.17, 15) is 4.79 Å². The van der Waals surface area contributed by atoms with Crippen LogP contribution in [0.25, 0.3) is 10.2 Å². The summed E-state index contributed by atoms with van der Waals surface area (Å²) in [5.74, 6) is -0.754. The molecule has 1 fully saturated rings. The molecule has 112 valence electrons. The average Bonchev–Trinajstić information content (AvgIpc) is 2.91. The molecular weight excluding hydrogens is 286 g/mol. The van der Waals surface area contributed by atoms with Crippen LogP contribution in [0.15, 0.2) is 18.2 Å². The van der Waals surface area contributed by atoms with E-state index in [1.807, 2.05) is 4.90 Å². The molecule has 0 unspecified atom stereocenters. The maximum Gasteiger partial charge on any atom is 0.317 e. The number of aliphatic carboxylic acids is 1. The molecule has 0 bridgehead atoms. The van der Waals surface area contributed by atoms with E-state index in [-0.39, 0.29) is 6.54 Å². The number of carboxylic acid groups (broad SMARTS) is 1. The van der Waals surface area contributed by atoms with Crippen LogP contribution in [0.4, 0.5) is 5.13 Å². The van der Waals surface area contributed by atoms with Crippen molar-refractivity contribution in [3.8, 4) is 0 Å². The minimum absolute atomic E-state index is 0.133. The second-order valence-electron chi connectivity index (χ2n) is 5.27. The van der Waals surface area contributed by atoms with Gasteiger partial charge in [-0.05, 0) is 18.1 Å². The number of carboxylic acids is 1. The summed E-state index contributed by atoms with van der Waals surface area (Å²) in [4.78, 5) is 19.7. The van der Waals surface area contributed by atoms with Gasteiger partial charge in [-0.15, -0.1) is 0 Å². The Morgan fingerprint density at radius 3 is 2.76 bits per heavy atom. The Kier molecular flexibility index (Phi) is 4.07. The minimum atomic E-state index is -0.754. The van der Waals surface area contributed by atoms with Crippen molar-refractivity contribution in [2.45, 2.75) is 13.3 Å². The number of rotatable bonds is 4. The molecule has 1 aliphatic heterocycles. The van der Waals surface area contributed by atoms with Crippen LogP contribution in [-0.2, 0) is 11.2 Å². The number of benzene rings is 1. The van der Waals surface area contributed by atoms with Crippen LogP contribution >= 0.6 is 11.3 Å². The van der Waals surface area contributed by atoms with E-state index >= 15 is 0 Å². The van der Waals surface area contributed by atoms with Crippen molar-refractivity contribution in [3.05, 3.63) is 23.8 Å². The van der Waals surface area contributed by atoms with Crippen molar-refractivity contribution in [1.29, 1.82) is 0 Å². The van der Waals surface area contributed by atoms with Crippen molar-refractivity contribution in [2.24, 2.45) is 0 Å². The van der Waals surface area contributed by atoms with E-state index in [4.69, 9.17) is 10.1 Å². The van der Waals surface area contributed by atoms with Gasteiger partial charge in [0.1, 0.15) is 0 Å². The van der Waals surface area contributed by atoms with Gasteiger partial charge in [-0.3, -0.25) is 9.69 Å². The molecule has 3 rings (SSSR count). The summed E-state index contributed by atoms with van der Waals surface area (Å²) in [6.07, 6.45) is 1.02. The number of hydrogen-bond donors (Lipinski definition) is 1. The van der Waals surface area contributed by atoms with Gasteiger partial charge in [-0.2, -0.15) is 0 Å². The summed E-state index contributed by atoms with van der Waals surface area (Å²) in [5.41, 5.74) is 2.42. The summed E-state index contributed by atoms with van der Waals surface area (Å²) in [6, 6.07) is 6.29. The highest BCUT2D eigenvalue weighted by atomic mass is 32.1. The molecule has 1 aromatic heterocycles. The molecule has 6 heteroatoms. The number of nitrogens with zero attached hydrogens (tertiary/aromatic N) is 3. The highest BCUT2D eigenvalue weighted by Gasteiger charge is 2.21. The van der Waals surface area contributed by atoms with Gasteiger partial charge in [-0.1, -0.05) is 30.4 Å². The van der Waals surface area contributed by atoms with Crippen molar-refractivity contribution in [1.82, 2.24) is 9.88 Å². The second-order valence-corrected chi connectivity index (χ2v) is 6.25. The van der Waals surface area contributed by atoms with E-state index in [1.165, 1.54) is 10.3 Å². The molecule has 0 spiro atoms. The van der Waals surface area contributed by atoms with E-state index < -0.39 is 5.97 Å². The fourth-order valence-corrected chi connectivity index (χ4v) is 3.90. The first-order valence-corrected chi connectivity index (χ1v) is 8.06. The average molecular weight is 305 g/mol. The molecule has 5 nitrogen and oxygen atoms in total. The van der Waals surface area contributed by atoms with Crippen LogP contribution in [0.1, 0.15) is 12.5 Å². The van der Waals surface area contributed by atoms with E-state index in [1.54, 1.807) is 11.3 Å². The van der Waals surface area contributed by atoms with E-state index in [2.05, 4.69) is 30.0 Å². The lowest BCUT2D eigenvalue weighted by Crippen LogP contribution is -2.47. The topological polar surface area (TPSA) is 56.7 Å². The third kappa shape index (κ3) is 3.01. The zero-order valence-corrected chi connectivity index (χ0v) is 12.9. The normalized spacial score (nSPS) is 16.5. The third-order valence-electron chi connectivity index (χ3n) is 3.87. The summed E-state index contributed by atoms with van der Waals surface area (Å²) in [7, 11) is 0. The fourth-order valence-electron chi connectivity index (χ4n) is 2.70. The largest absolute Gasteiger partial charge is 0.480 e. The fraction of sp³-hybridized carbons (Fsp3) is 0.467. The van der Waals surface area contributed by atoms with E-state index in [0.717, 1.165) is 43.2 Å². The van der Waals surface area contributed by atoms with Gasteiger partial charge in [0.15, 0.2) is 5.13 Å². The number of carbonyl (C=O) groups is 1. The molecule has 0 saturated carbocycles. The Labute approximate surface area is 127 Å². The standard InChI is InChI=1S/C15H19N3O2S/c1-2-11-4-3-5-12-14(11)21-15(16-12)18-8-6-17(7-9-18)10-13(19)20/h3-5H,2,6-10H2,1H3,(H,19,20). The van der Waals surface area contributed by atoms with Crippen LogP contribution in [-0.4, -0.2) is 53.7 Å². The molecule has 0 radical (unpaired) electrons. The second kappa shape index (κ2) is 5.99. The SMILES string of the molecule is CCc1cccc2nc(N3CCN(CC(=O)O)CC3)sc12. The van der Waals surface area contributed by atoms with Crippen molar-refractivity contribution in [2.75, 3.05) is 37.6 Å². The summed E-state index contributed by atoms with van der Waals surface area (Å²) in [6.45, 7) is 5.54. The van der Waals surface area contributed by atoms with Gasteiger partial charge in [0.2, 0.25) is 0 Å². The maximum absolute atomic E-state index is 10.7. The van der Waals surface area contributed by atoms with E-state index in [0.29, 0.717) is 0 Å². The lowest BCUT2D eigenvalue weighted by Gasteiger charge is -2.33. The van der Waals surface area contributed by atoms with Crippen LogP contribution in [0.5, 0.6) is 0 Å².